The molecule has 0 unspecified atom stereocenters. The van der Waals surface area contributed by atoms with Crippen LogP contribution in [0.2, 0.25) is 0 Å². The first-order chi connectivity index (χ1) is 13.1. The summed E-state index contributed by atoms with van der Waals surface area (Å²) in [4.78, 5) is 31.9. The smallest absolute Gasteiger partial charge is 0.252 e. The Morgan fingerprint density at radius 1 is 1.15 bits per heavy atom. The zero-order valence-corrected chi connectivity index (χ0v) is 14.1. The third-order valence-electron chi connectivity index (χ3n) is 4.20. The summed E-state index contributed by atoms with van der Waals surface area (Å²) in [5, 5.41) is 22.4. The van der Waals surface area contributed by atoms with E-state index in [2.05, 4.69) is 30.8 Å². The number of H-pyrrole nitrogens is 2. The molecule has 2 aromatic heterocycles. The van der Waals surface area contributed by atoms with Crippen LogP contribution >= 0.6 is 0 Å². The van der Waals surface area contributed by atoms with Gasteiger partial charge >= 0.3 is 0 Å². The van der Waals surface area contributed by atoms with Crippen LogP contribution < -0.4 is 10.6 Å². The maximum atomic E-state index is 12.4. The van der Waals surface area contributed by atoms with E-state index in [-0.39, 0.29) is 0 Å². The molecule has 0 fully saturated rings. The Bertz CT molecular complexity index is 1130. The number of nitrogens with zero attached hydrogens (tertiary/aromatic N) is 2. The molecule has 0 saturated carbocycles. The standard InChI is InChI=1S/C18H16N6O3/c25-8-16(18(27)22-12-3-1-11-7-21-24-14(11)6-12)23-17(26)10-2-4-13-15(5-10)20-9-19-13/h1-7,9,16,25H,8H2,(H,19,20)(H,21,24)(H,22,27)(H,23,26)/t16-/m0/s1. The van der Waals surface area contributed by atoms with Gasteiger partial charge in [0.2, 0.25) is 5.91 Å². The van der Waals surface area contributed by atoms with Crippen molar-refractivity contribution in [3.05, 3.63) is 54.5 Å². The van der Waals surface area contributed by atoms with Crippen LogP contribution in [0.1, 0.15) is 10.4 Å². The Hall–Kier alpha value is -3.72. The van der Waals surface area contributed by atoms with Gasteiger partial charge in [0, 0.05) is 16.6 Å². The van der Waals surface area contributed by atoms with E-state index in [0.717, 1.165) is 16.4 Å². The number of anilines is 1. The first kappa shape index (κ1) is 16.7. The first-order valence-corrected chi connectivity index (χ1v) is 8.23. The van der Waals surface area contributed by atoms with Gasteiger partial charge in [-0.1, -0.05) is 0 Å². The average molecular weight is 364 g/mol. The zero-order chi connectivity index (χ0) is 18.8. The molecular formula is C18H16N6O3. The number of benzene rings is 2. The van der Waals surface area contributed by atoms with Crippen LogP contribution in [-0.2, 0) is 4.79 Å². The van der Waals surface area contributed by atoms with E-state index in [4.69, 9.17) is 0 Å². The van der Waals surface area contributed by atoms with Gasteiger partial charge in [0.05, 0.1) is 35.7 Å². The molecule has 1 atom stereocenters. The Balaban J connectivity index is 1.46. The summed E-state index contributed by atoms with van der Waals surface area (Å²) in [6.07, 6.45) is 3.21. The second-order valence-corrected chi connectivity index (χ2v) is 6.00. The van der Waals surface area contributed by atoms with Crippen molar-refractivity contribution in [1.29, 1.82) is 0 Å². The van der Waals surface area contributed by atoms with Crippen LogP contribution in [0.4, 0.5) is 5.69 Å². The molecule has 0 aliphatic rings. The highest BCUT2D eigenvalue weighted by molar-refractivity contribution is 6.03. The fourth-order valence-corrected chi connectivity index (χ4v) is 2.76. The highest BCUT2D eigenvalue weighted by Crippen LogP contribution is 2.17. The maximum Gasteiger partial charge on any atom is 0.252 e. The molecule has 0 spiro atoms. The van der Waals surface area contributed by atoms with E-state index < -0.39 is 24.5 Å². The van der Waals surface area contributed by atoms with Gasteiger partial charge < -0.3 is 20.7 Å². The van der Waals surface area contributed by atoms with Crippen molar-refractivity contribution in [3.8, 4) is 0 Å². The number of aliphatic hydroxyl groups excluding tert-OH is 1. The molecule has 0 bridgehead atoms. The summed E-state index contributed by atoms with van der Waals surface area (Å²) in [6.45, 7) is -0.532. The molecule has 0 saturated heterocycles. The number of hydrogen-bond acceptors (Lipinski definition) is 5. The van der Waals surface area contributed by atoms with Crippen molar-refractivity contribution < 1.29 is 14.7 Å². The SMILES string of the molecule is O=C(N[C@@H](CO)C(=O)Nc1ccc2cn[nH]c2c1)c1ccc2nc[nH]c2c1. The highest BCUT2D eigenvalue weighted by Gasteiger charge is 2.21. The largest absolute Gasteiger partial charge is 0.394 e. The van der Waals surface area contributed by atoms with Crippen LogP contribution in [-0.4, -0.2) is 49.7 Å². The molecule has 9 heteroatoms. The summed E-state index contributed by atoms with van der Waals surface area (Å²) < 4.78 is 0. The fraction of sp³-hybridized carbons (Fsp3) is 0.111. The molecule has 2 aromatic carbocycles. The minimum atomic E-state index is -1.09. The predicted molar refractivity (Wildman–Crippen MR) is 99.2 cm³/mol. The molecule has 136 valence electrons. The topological polar surface area (TPSA) is 136 Å². The maximum absolute atomic E-state index is 12.4. The van der Waals surface area contributed by atoms with Crippen molar-refractivity contribution in [2.45, 2.75) is 6.04 Å². The van der Waals surface area contributed by atoms with Gasteiger partial charge in [0.15, 0.2) is 0 Å². The quantitative estimate of drug-likeness (QED) is 0.362. The number of nitrogens with one attached hydrogen (secondary N) is 4. The number of hydrogen-bond donors (Lipinski definition) is 5. The second-order valence-electron chi connectivity index (χ2n) is 6.00. The van der Waals surface area contributed by atoms with E-state index in [0.29, 0.717) is 16.8 Å². The number of rotatable bonds is 5. The van der Waals surface area contributed by atoms with Gasteiger partial charge in [-0.2, -0.15) is 5.10 Å². The Morgan fingerprint density at radius 2 is 2.04 bits per heavy atom. The Kier molecular flexibility index (Phi) is 4.27. The monoisotopic (exact) mass is 364 g/mol. The number of amides is 2. The molecule has 9 nitrogen and oxygen atoms in total. The number of imidazole rings is 1. The van der Waals surface area contributed by atoms with Crippen molar-refractivity contribution in [3.63, 3.8) is 0 Å². The van der Waals surface area contributed by atoms with E-state index in [9.17, 15) is 14.7 Å². The fourth-order valence-electron chi connectivity index (χ4n) is 2.76. The number of carbonyl (C=O) groups excluding carboxylic acids is 2. The van der Waals surface area contributed by atoms with Gasteiger partial charge in [0.25, 0.3) is 5.91 Å². The van der Waals surface area contributed by atoms with Crippen molar-refractivity contribution in [2.24, 2.45) is 0 Å². The molecule has 2 amide bonds. The summed E-state index contributed by atoms with van der Waals surface area (Å²) in [7, 11) is 0. The highest BCUT2D eigenvalue weighted by atomic mass is 16.3. The van der Waals surface area contributed by atoms with Gasteiger partial charge in [-0.15, -0.1) is 0 Å². The van der Waals surface area contributed by atoms with Gasteiger partial charge in [0.1, 0.15) is 6.04 Å². The lowest BCUT2D eigenvalue weighted by Gasteiger charge is -2.16. The van der Waals surface area contributed by atoms with Crippen LogP contribution in [0.3, 0.4) is 0 Å². The van der Waals surface area contributed by atoms with Gasteiger partial charge in [-0.3, -0.25) is 14.7 Å². The minimum Gasteiger partial charge on any atom is -0.394 e. The third-order valence-corrected chi connectivity index (χ3v) is 4.20. The molecule has 4 aromatic rings. The number of aromatic nitrogens is 4. The molecular weight excluding hydrogens is 348 g/mol. The normalized spacial score (nSPS) is 12.2. The predicted octanol–water partition coefficient (Wildman–Crippen LogP) is 1.17. The lowest BCUT2D eigenvalue weighted by Crippen LogP contribution is -2.46. The Morgan fingerprint density at radius 3 is 2.89 bits per heavy atom. The first-order valence-electron chi connectivity index (χ1n) is 8.23. The minimum absolute atomic E-state index is 0.358. The lowest BCUT2D eigenvalue weighted by atomic mass is 10.1. The number of carbonyl (C=O) groups is 2. The summed E-state index contributed by atoms with van der Waals surface area (Å²) >= 11 is 0. The molecule has 0 aliphatic heterocycles. The molecule has 0 radical (unpaired) electrons. The van der Waals surface area contributed by atoms with Crippen LogP contribution in [0, 0.1) is 0 Å². The summed E-state index contributed by atoms with van der Waals surface area (Å²) in [6, 6.07) is 9.11. The number of aliphatic hydroxyl groups is 1. The van der Waals surface area contributed by atoms with E-state index in [1.165, 1.54) is 6.33 Å². The zero-order valence-electron chi connectivity index (χ0n) is 14.1. The average Bonchev–Trinajstić information content (AvgIpc) is 3.33. The number of fused-ring (bicyclic) bond motifs is 2. The molecule has 27 heavy (non-hydrogen) atoms. The van der Waals surface area contributed by atoms with Crippen LogP contribution in [0.25, 0.3) is 21.9 Å². The van der Waals surface area contributed by atoms with Crippen molar-refractivity contribution in [2.75, 3.05) is 11.9 Å². The number of aromatic amines is 2. The van der Waals surface area contributed by atoms with Crippen LogP contribution in [0.5, 0.6) is 0 Å². The van der Waals surface area contributed by atoms with Crippen molar-refractivity contribution in [1.82, 2.24) is 25.5 Å². The molecule has 4 rings (SSSR count). The Labute approximate surface area is 152 Å². The molecule has 0 aliphatic carbocycles. The van der Waals surface area contributed by atoms with Gasteiger partial charge in [-0.05, 0) is 36.4 Å². The van der Waals surface area contributed by atoms with Crippen LogP contribution in [0.15, 0.2) is 48.9 Å². The third kappa shape index (κ3) is 3.35. The summed E-state index contributed by atoms with van der Waals surface area (Å²) in [5.41, 5.74) is 3.10. The molecule has 2 heterocycles. The van der Waals surface area contributed by atoms with E-state index in [1.54, 1.807) is 42.6 Å². The molecule has 5 N–H and O–H groups in total. The summed E-state index contributed by atoms with van der Waals surface area (Å²) in [5.74, 6) is -0.989. The van der Waals surface area contributed by atoms with E-state index >= 15 is 0 Å². The van der Waals surface area contributed by atoms with E-state index in [1.807, 2.05) is 0 Å². The lowest BCUT2D eigenvalue weighted by molar-refractivity contribution is -0.118. The second kappa shape index (κ2) is 6.89. The van der Waals surface area contributed by atoms with Gasteiger partial charge in [-0.25, -0.2) is 4.98 Å². The van der Waals surface area contributed by atoms with Crippen molar-refractivity contribution >= 4 is 39.4 Å².